The van der Waals surface area contributed by atoms with Gasteiger partial charge in [-0.1, -0.05) is 11.6 Å². The first-order valence-electron chi connectivity index (χ1n) is 5.39. The quantitative estimate of drug-likeness (QED) is 0.590. The first-order chi connectivity index (χ1) is 8.87. The fraction of sp³-hybridized carbons (Fsp3) is 0.417. The molecule has 0 fully saturated rings. The van der Waals surface area contributed by atoms with Crippen molar-refractivity contribution in [1.82, 2.24) is 0 Å². The van der Waals surface area contributed by atoms with E-state index >= 15 is 0 Å². The van der Waals surface area contributed by atoms with Crippen LogP contribution in [0.5, 0.6) is 11.5 Å². The molecule has 0 aliphatic rings. The van der Waals surface area contributed by atoms with Gasteiger partial charge in [0.1, 0.15) is 6.29 Å². The Labute approximate surface area is 113 Å². The van der Waals surface area contributed by atoms with Crippen LogP contribution in [0.1, 0.15) is 23.2 Å². The summed E-state index contributed by atoms with van der Waals surface area (Å²) in [5, 5.41) is 0.119. The monoisotopic (exact) mass is 296 g/mol. The van der Waals surface area contributed by atoms with Crippen molar-refractivity contribution in [1.29, 1.82) is 0 Å². The second-order valence-corrected chi connectivity index (χ2v) is 4.13. The average Bonchev–Trinajstić information content (AvgIpc) is 2.34. The molecule has 1 aromatic rings. The third-order valence-corrected chi connectivity index (χ3v) is 2.52. The van der Waals surface area contributed by atoms with Gasteiger partial charge >= 0.3 is 6.18 Å². The van der Waals surface area contributed by atoms with Crippen LogP contribution in [0.25, 0.3) is 0 Å². The number of benzene rings is 1. The average molecular weight is 297 g/mol. The summed E-state index contributed by atoms with van der Waals surface area (Å²) < 4.78 is 46.0. The zero-order chi connectivity index (χ0) is 14.5. The van der Waals surface area contributed by atoms with Crippen molar-refractivity contribution in [3.63, 3.8) is 0 Å². The minimum Gasteiger partial charge on any atom is -0.493 e. The van der Waals surface area contributed by atoms with E-state index < -0.39 is 12.6 Å². The van der Waals surface area contributed by atoms with Crippen molar-refractivity contribution >= 4 is 17.9 Å². The van der Waals surface area contributed by atoms with Crippen molar-refractivity contribution in [2.75, 3.05) is 13.7 Å². The van der Waals surface area contributed by atoms with Crippen LogP contribution in [0, 0.1) is 0 Å². The van der Waals surface area contributed by atoms with Crippen molar-refractivity contribution in [3.8, 4) is 11.5 Å². The minimum atomic E-state index is -4.21. The molecule has 19 heavy (non-hydrogen) atoms. The van der Waals surface area contributed by atoms with Crippen LogP contribution in [0.4, 0.5) is 13.2 Å². The second-order valence-electron chi connectivity index (χ2n) is 3.72. The van der Waals surface area contributed by atoms with Crippen LogP contribution >= 0.6 is 11.6 Å². The SMILES string of the molecule is COc1cc(C=O)cc(Cl)c1OCCCC(F)(F)F. The van der Waals surface area contributed by atoms with Crippen molar-refractivity contribution in [3.05, 3.63) is 22.7 Å². The number of hydrogen-bond acceptors (Lipinski definition) is 3. The maximum absolute atomic E-state index is 12.0. The van der Waals surface area contributed by atoms with Gasteiger partial charge in [-0.3, -0.25) is 4.79 Å². The largest absolute Gasteiger partial charge is 0.493 e. The van der Waals surface area contributed by atoms with Gasteiger partial charge in [0.05, 0.1) is 18.7 Å². The van der Waals surface area contributed by atoms with E-state index in [9.17, 15) is 18.0 Å². The standard InChI is InChI=1S/C12H12ClF3O3/c1-18-10-6-8(7-17)5-9(13)11(10)19-4-2-3-12(14,15)16/h5-7H,2-4H2,1H3. The number of halogens is 4. The summed E-state index contributed by atoms with van der Waals surface area (Å²) >= 11 is 5.87. The highest BCUT2D eigenvalue weighted by Crippen LogP contribution is 2.36. The molecule has 1 rings (SSSR count). The lowest BCUT2D eigenvalue weighted by molar-refractivity contribution is -0.136. The van der Waals surface area contributed by atoms with E-state index in [1.165, 1.54) is 19.2 Å². The normalized spacial score (nSPS) is 11.2. The molecular formula is C12H12ClF3O3. The molecule has 0 bridgehead atoms. The number of ether oxygens (including phenoxy) is 2. The van der Waals surface area contributed by atoms with E-state index in [0.29, 0.717) is 11.8 Å². The maximum atomic E-state index is 12.0. The van der Waals surface area contributed by atoms with Gasteiger partial charge < -0.3 is 9.47 Å². The maximum Gasteiger partial charge on any atom is 0.389 e. The van der Waals surface area contributed by atoms with E-state index in [-0.39, 0.29) is 29.5 Å². The summed E-state index contributed by atoms with van der Waals surface area (Å²) in [7, 11) is 1.35. The van der Waals surface area contributed by atoms with Gasteiger partial charge in [0.25, 0.3) is 0 Å². The Hall–Kier alpha value is -1.43. The zero-order valence-electron chi connectivity index (χ0n) is 10.1. The summed E-state index contributed by atoms with van der Waals surface area (Å²) in [6.07, 6.45) is -4.74. The Morgan fingerprint density at radius 2 is 2.05 bits per heavy atom. The Morgan fingerprint density at radius 1 is 1.37 bits per heavy atom. The molecule has 3 nitrogen and oxygen atoms in total. The van der Waals surface area contributed by atoms with Gasteiger partial charge in [-0.15, -0.1) is 0 Å². The predicted octanol–water partition coefficient (Wildman–Crippen LogP) is 3.88. The lowest BCUT2D eigenvalue weighted by Crippen LogP contribution is -2.10. The molecule has 0 saturated carbocycles. The molecule has 0 unspecified atom stereocenters. The number of aldehydes is 1. The Kier molecular flexibility index (Phi) is 5.47. The molecule has 7 heteroatoms. The van der Waals surface area contributed by atoms with Crippen LogP contribution in [-0.2, 0) is 0 Å². The molecule has 0 heterocycles. The van der Waals surface area contributed by atoms with Gasteiger partial charge in [0, 0.05) is 12.0 Å². The summed E-state index contributed by atoms with van der Waals surface area (Å²) in [5.74, 6) is 0.346. The molecule has 0 radical (unpaired) electrons. The molecule has 0 amide bonds. The fourth-order valence-electron chi connectivity index (χ4n) is 1.39. The smallest absolute Gasteiger partial charge is 0.389 e. The van der Waals surface area contributed by atoms with Gasteiger partial charge in [0.15, 0.2) is 11.5 Å². The zero-order valence-corrected chi connectivity index (χ0v) is 10.8. The molecule has 0 aliphatic carbocycles. The van der Waals surface area contributed by atoms with Gasteiger partial charge in [-0.25, -0.2) is 0 Å². The van der Waals surface area contributed by atoms with E-state index in [1.807, 2.05) is 0 Å². The van der Waals surface area contributed by atoms with Crippen molar-refractivity contribution in [2.24, 2.45) is 0 Å². The summed E-state index contributed by atoms with van der Waals surface area (Å²) in [6.45, 7) is -0.143. The number of hydrogen-bond donors (Lipinski definition) is 0. The van der Waals surface area contributed by atoms with Crippen LogP contribution in [0.2, 0.25) is 5.02 Å². The molecule has 0 aliphatic heterocycles. The van der Waals surface area contributed by atoms with Crippen molar-refractivity contribution in [2.45, 2.75) is 19.0 Å². The van der Waals surface area contributed by atoms with E-state index in [2.05, 4.69) is 0 Å². The van der Waals surface area contributed by atoms with Gasteiger partial charge in [0.2, 0.25) is 0 Å². The summed E-state index contributed by atoms with van der Waals surface area (Å²) in [6, 6.07) is 2.76. The number of alkyl halides is 3. The molecule has 0 atom stereocenters. The van der Waals surface area contributed by atoms with E-state index in [1.54, 1.807) is 0 Å². The van der Waals surface area contributed by atoms with Crippen LogP contribution in [-0.4, -0.2) is 26.2 Å². The number of carbonyl (C=O) groups is 1. The first-order valence-corrected chi connectivity index (χ1v) is 5.77. The van der Waals surface area contributed by atoms with Gasteiger partial charge in [-0.05, 0) is 18.6 Å². The number of rotatable bonds is 6. The van der Waals surface area contributed by atoms with Crippen LogP contribution in [0.15, 0.2) is 12.1 Å². The molecule has 0 saturated heterocycles. The van der Waals surface area contributed by atoms with Gasteiger partial charge in [-0.2, -0.15) is 13.2 Å². The lowest BCUT2D eigenvalue weighted by Gasteiger charge is -2.13. The predicted molar refractivity (Wildman–Crippen MR) is 64.2 cm³/mol. The Balaban J connectivity index is 2.70. The third kappa shape index (κ3) is 4.98. The Morgan fingerprint density at radius 3 is 2.58 bits per heavy atom. The number of methoxy groups -OCH3 is 1. The fourth-order valence-corrected chi connectivity index (χ4v) is 1.67. The highest BCUT2D eigenvalue weighted by Gasteiger charge is 2.26. The third-order valence-electron chi connectivity index (χ3n) is 2.24. The highest BCUT2D eigenvalue weighted by atomic mass is 35.5. The number of carbonyl (C=O) groups excluding carboxylic acids is 1. The molecule has 0 aromatic heterocycles. The Bertz CT molecular complexity index is 447. The highest BCUT2D eigenvalue weighted by molar-refractivity contribution is 6.32. The molecule has 106 valence electrons. The minimum absolute atomic E-state index is 0.119. The van der Waals surface area contributed by atoms with Crippen LogP contribution in [0.3, 0.4) is 0 Å². The van der Waals surface area contributed by atoms with Crippen LogP contribution < -0.4 is 9.47 Å². The summed E-state index contributed by atoms with van der Waals surface area (Å²) in [4.78, 5) is 10.6. The second kappa shape index (κ2) is 6.65. The topological polar surface area (TPSA) is 35.5 Å². The first kappa shape index (κ1) is 15.6. The molecular weight excluding hydrogens is 285 g/mol. The van der Waals surface area contributed by atoms with Crippen molar-refractivity contribution < 1.29 is 27.4 Å². The molecule has 0 spiro atoms. The summed E-state index contributed by atoms with van der Waals surface area (Å²) in [5.41, 5.74) is 0.296. The van der Waals surface area contributed by atoms with E-state index in [0.717, 1.165) is 0 Å². The lowest BCUT2D eigenvalue weighted by atomic mass is 10.2. The molecule has 1 aromatic carbocycles. The molecule has 0 N–H and O–H groups in total. The van der Waals surface area contributed by atoms with E-state index in [4.69, 9.17) is 21.1 Å².